The Morgan fingerprint density at radius 1 is 1.46 bits per heavy atom. The van der Waals surface area contributed by atoms with Gasteiger partial charge in [-0.25, -0.2) is 0 Å². The van der Waals surface area contributed by atoms with Crippen LogP contribution in [0.3, 0.4) is 0 Å². The van der Waals surface area contributed by atoms with Crippen molar-refractivity contribution in [2.24, 2.45) is 5.73 Å². The van der Waals surface area contributed by atoms with Crippen molar-refractivity contribution in [1.29, 1.82) is 0 Å². The van der Waals surface area contributed by atoms with Gasteiger partial charge >= 0.3 is 5.97 Å². The van der Waals surface area contributed by atoms with Crippen molar-refractivity contribution in [2.75, 3.05) is 12.4 Å². The van der Waals surface area contributed by atoms with Crippen molar-refractivity contribution in [3.63, 3.8) is 0 Å². The van der Waals surface area contributed by atoms with Crippen LogP contribution in [-0.4, -0.2) is 24.4 Å². The van der Waals surface area contributed by atoms with Crippen LogP contribution in [0, 0.1) is 0 Å². The second-order valence-corrected chi connectivity index (χ2v) is 3.38. The van der Waals surface area contributed by atoms with Gasteiger partial charge in [0.1, 0.15) is 6.04 Å². The molecule has 0 aromatic carbocycles. The molecule has 0 rings (SSSR count). The molecule has 4 heteroatoms. The van der Waals surface area contributed by atoms with Crippen molar-refractivity contribution in [3.05, 3.63) is 0 Å². The van der Waals surface area contributed by atoms with Crippen LogP contribution in [0.5, 0.6) is 0 Å². The number of hydrogen-bond acceptors (Lipinski definition) is 4. The van der Waals surface area contributed by atoms with E-state index in [2.05, 4.69) is 19.6 Å². The number of ether oxygens (including phenoxy) is 1. The van der Waals surface area contributed by atoms with Gasteiger partial charge in [-0.15, -0.1) is 0 Å². The van der Waals surface area contributed by atoms with Crippen LogP contribution < -0.4 is 5.73 Å². The summed E-state index contributed by atoms with van der Waals surface area (Å²) in [4.78, 5) is 11.0. The van der Waals surface area contributed by atoms with E-state index in [0.29, 0.717) is 12.4 Å². The first-order valence-corrected chi connectivity index (χ1v) is 5.38. The smallest absolute Gasteiger partial charge is 0.323 e. The van der Waals surface area contributed by atoms with E-state index in [9.17, 15) is 4.79 Å². The van der Waals surface area contributed by atoms with Gasteiger partial charge in [-0.2, -0.15) is 12.6 Å². The maximum atomic E-state index is 11.0. The molecule has 2 N–H and O–H groups in total. The number of carbonyl (C=O) groups excluding carboxylic acids is 1. The summed E-state index contributed by atoms with van der Waals surface area (Å²) < 4.78 is 4.93. The minimum atomic E-state index is -0.575. The molecule has 0 aromatic rings. The highest BCUT2D eigenvalue weighted by atomic mass is 32.1. The SMILES string of the molecule is CCCCCCOC(=O)[C@H](N)CS. The first-order valence-electron chi connectivity index (χ1n) is 4.75. The van der Waals surface area contributed by atoms with Gasteiger partial charge in [0, 0.05) is 5.75 Å². The van der Waals surface area contributed by atoms with Gasteiger partial charge in [0.25, 0.3) is 0 Å². The highest BCUT2D eigenvalue weighted by Gasteiger charge is 2.11. The molecule has 0 saturated carbocycles. The third-order valence-electron chi connectivity index (χ3n) is 1.74. The summed E-state index contributed by atoms with van der Waals surface area (Å²) in [7, 11) is 0. The lowest BCUT2D eigenvalue weighted by atomic mass is 10.2. The Morgan fingerprint density at radius 2 is 2.15 bits per heavy atom. The first-order chi connectivity index (χ1) is 6.22. The third-order valence-corrected chi connectivity index (χ3v) is 2.14. The van der Waals surface area contributed by atoms with Gasteiger partial charge in [-0.1, -0.05) is 26.2 Å². The van der Waals surface area contributed by atoms with Crippen molar-refractivity contribution in [2.45, 2.75) is 38.6 Å². The molecular weight excluding hydrogens is 186 g/mol. The summed E-state index contributed by atoms with van der Waals surface area (Å²) in [5, 5.41) is 0. The third kappa shape index (κ3) is 6.90. The molecule has 13 heavy (non-hydrogen) atoms. The summed E-state index contributed by atoms with van der Waals surface area (Å²) >= 11 is 3.91. The number of thiol groups is 1. The first kappa shape index (κ1) is 12.8. The van der Waals surface area contributed by atoms with E-state index in [4.69, 9.17) is 10.5 Å². The average molecular weight is 205 g/mol. The van der Waals surface area contributed by atoms with E-state index in [1.807, 2.05) is 0 Å². The van der Waals surface area contributed by atoms with Crippen molar-refractivity contribution in [1.82, 2.24) is 0 Å². The van der Waals surface area contributed by atoms with Gasteiger partial charge in [0.2, 0.25) is 0 Å². The lowest BCUT2D eigenvalue weighted by molar-refractivity contribution is -0.144. The van der Waals surface area contributed by atoms with Crippen LogP contribution in [0.1, 0.15) is 32.6 Å². The number of unbranched alkanes of at least 4 members (excludes halogenated alkanes) is 3. The molecule has 0 amide bonds. The molecule has 0 fully saturated rings. The second-order valence-electron chi connectivity index (χ2n) is 3.02. The Kier molecular flexibility index (Phi) is 8.24. The minimum Gasteiger partial charge on any atom is -0.465 e. The van der Waals surface area contributed by atoms with E-state index in [0.717, 1.165) is 12.8 Å². The molecule has 1 atom stereocenters. The Balaban J connectivity index is 3.27. The molecular formula is C9H19NO2S. The summed E-state index contributed by atoms with van der Waals surface area (Å²) in [6.45, 7) is 2.63. The van der Waals surface area contributed by atoms with Crippen molar-refractivity contribution < 1.29 is 9.53 Å². The lowest BCUT2D eigenvalue weighted by Crippen LogP contribution is -2.34. The lowest BCUT2D eigenvalue weighted by Gasteiger charge is -2.08. The van der Waals surface area contributed by atoms with Gasteiger partial charge in [-0.3, -0.25) is 4.79 Å². The van der Waals surface area contributed by atoms with E-state index in [-0.39, 0.29) is 5.97 Å². The number of rotatable bonds is 7. The van der Waals surface area contributed by atoms with Gasteiger partial charge in [0.15, 0.2) is 0 Å². The fourth-order valence-corrected chi connectivity index (χ4v) is 1.03. The monoisotopic (exact) mass is 205 g/mol. The predicted molar refractivity (Wildman–Crippen MR) is 56.9 cm³/mol. The maximum absolute atomic E-state index is 11.0. The van der Waals surface area contributed by atoms with Crippen molar-refractivity contribution >= 4 is 18.6 Å². The summed E-state index contributed by atoms with van der Waals surface area (Å²) in [5.41, 5.74) is 5.41. The topological polar surface area (TPSA) is 52.3 Å². The molecule has 0 bridgehead atoms. The minimum absolute atomic E-state index is 0.341. The molecule has 0 aliphatic rings. The highest BCUT2D eigenvalue weighted by Crippen LogP contribution is 1.99. The molecule has 0 saturated heterocycles. The molecule has 0 aromatic heterocycles. The van der Waals surface area contributed by atoms with Crippen LogP contribution >= 0.6 is 12.6 Å². The maximum Gasteiger partial charge on any atom is 0.323 e. The zero-order valence-corrected chi connectivity index (χ0v) is 9.06. The van der Waals surface area contributed by atoms with Crippen LogP contribution in [0.15, 0.2) is 0 Å². The van der Waals surface area contributed by atoms with E-state index >= 15 is 0 Å². The zero-order chi connectivity index (χ0) is 10.1. The second kappa shape index (κ2) is 8.38. The molecule has 78 valence electrons. The van der Waals surface area contributed by atoms with Crippen LogP contribution in [0.2, 0.25) is 0 Å². The van der Waals surface area contributed by atoms with E-state index < -0.39 is 6.04 Å². The molecule has 0 heterocycles. The number of hydrogen-bond donors (Lipinski definition) is 2. The molecule has 0 aliphatic heterocycles. The standard InChI is InChI=1S/C9H19NO2S/c1-2-3-4-5-6-12-9(11)8(10)7-13/h8,13H,2-7,10H2,1H3/t8-/m1/s1. The molecule has 0 aliphatic carbocycles. The number of esters is 1. The van der Waals surface area contributed by atoms with Crippen LogP contribution in [-0.2, 0) is 9.53 Å². The Bertz CT molecular complexity index is 142. The Labute approximate surface area is 85.4 Å². The van der Waals surface area contributed by atoms with E-state index in [1.165, 1.54) is 12.8 Å². The quantitative estimate of drug-likeness (QED) is 0.375. The highest BCUT2D eigenvalue weighted by molar-refractivity contribution is 7.80. The van der Waals surface area contributed by atoms with Gasteiger partial charge in [-0.05, 0) is 6.42 Å². The van der Waals surface area contributed by atoms with Gasteiger partial charge < -0.3 is 10.5 Å². The zero-order valence-electron chi connectivity index (χ0n) is 8.16. The largest absolute Gasteiger partial charge is 0.465 e. The fourth-order valence-electron chi connectivity index (χ4n) is 0.883. The summed E-state index contributed by atoms with van der Waals surface area (Å²) in [5.74, 6) is -0.000140. The van der Waals surface area contributed by atoms with Crippen LogP contribution in [0.25, 0.3) is 0 Å². The summed E-state index contributed by atoms with van der Waals surface area (Å²) in [6, 6.07) is -0.575. The Hall–Kier alpha value is -0.220. The molecule has 0 spiro atoms. The fraction of sp³-hybridized carbons (Fsp3) is 0.889. The number of carbonyl (C=O) groups is 1. The molecule has 0 radical (unpaired) electrons. The van der Waals surface area contributed by atoms with E-state index in [1.54, 1.807) is 0 Å². The number of nitrogens with two attached hydrogens (primary N) is 1. The predicted octanol–water partition coefficient (Wildman–Crippen LogP) is 1.37. The Morgan fingerprint density at radius 3 is 2.69 bits per heavy atom. The van der Waals surface area contributed by atoms with Crippen molar-refractivity contribution in [3.8, 4) is 0 Å². The average Bonchev–Trinajstić information content (AvgIpc) is 2.16. The molecule has 0 unspecified atom stereocenters. The molecule has 3 nitrogen and oxygen atoms in total. The summed E-state index contributed by atoms with van der Waals surface area (Å²) in [6.07, 6.45) is 4.42. The normalized spacial score (nSPS) is 12.5. The van der Waals surface area contributed by atoms with Crippen LogP contribution in [0.4, 0.5) is 0 Å². The van der Waals surface area contributed by atoms with Gasteiger partial charge in [0.05, 0.1) is 6.61 Å².